The van der Waals surface area contributed by atoms with Gasteiger partial charge in [-0.05, 0) is 72.0 Å². The normalized spacial score (nSPS) is 11.8. The monoisotopic (exact) mass is 493 g/mol. The minimum Gasteiger partial charge on any atom is -0.508 e. The number of rotatable bonds is 9. The Morgan fingerprint density at radius 3 is 2.49 bits per heavy atom. The van der Waals surface area contributed by atoms with E-state index in [0.29, 0.717) is 30.1 Å². The summed E-state index contributed by atoms with van der Waals surface area (Å²) in [6, 6.07) is 19.6. The minimum absolute atomic E-state index is 0.178. The van der Waals surface area contributed by atoms with Crippen LogP contribution in [0.2, 0.25) is 0 Å². The van der Waals surface area contributed by atoms with Crippen molar-refractivity contribution >= 4 is 16.9 Å². The molecule has 0 aliphatic rings. The number of amides is 1. The number of nitrogens with one attached hydrogen (secondary N) is 2. The van der Waals surface area contributed by atoms with E-state index in [0.717, 1.165) is 34.1 Å². The highest BCUT2D eigenvalue weighted by Crippen LogP contribution is 2.37. The van der Waals surface area contributed by atoms with Gasteiger partial charge in [-0.2, -0.15) is 0 Å². The first-order valence-electron chi connectivity index (χ1n) is 12.0. The lowest BCUT2D eigenvalue weighted by Gasteiger charge is -2.13. The van der Waals surface area contributed by atoms with Crippen molar-refractivity contribution in [2.24, 2.45) is 5.73 Å². The SMILES string of the molecule is N[C@@H](Cc1ccc(Oc2ccnc3[nH]cc(-c4ccc(O)cc4)c23)cc1)C(=O)NCCc1ccncc1. The summed E-state index contributed by atoms with van der Waals surface area (Å²) in [7, 11) is 0. The van der Waals surface area contributed by atoms with Crippen molar-refractivity contribution in [2.45, 2.75) is 18.9 Å². The molecular weight excluding hydrogens is 466 g/mol. The van der Waals surface area contributed by atoms with Gasteiger partial charge in [-0.15, -0.1) is 0 Å². The van der Waals surface area contributed by atoms with E-state index in [1.165, 1.54) is 0 Å². The molecule has 0 fully saturated rings. The fourth-order valence-corrected chi connectivity index (χ4v) is 4.16. The van der Waals surface area contributed by atoms with Crippen molar-refractivity contribution in [1.82, 2.24) is 20.3 Å². The van der Waals surface area contributed by atoms with E-state index in [9.17, 15) is 9.90 Å². The van der Waals surface area contributed by atoms with E-state index in [4.69, 9.17) is 10.5 Å². The summed E-state index contributed by atoms with van der Waals surface area (Å²) in [5, 5.41) is 13.4. The number of phenols is 1. The summed E-state index contributed by atoms with van der Waals surface area (Å²) >= 11 is 0. The van der Waals surface area contributed by atoms with Crippen molar-refractivity contribution in [2.75, 3.05) is 6.54 Å². The molecule has 0 aliphatic carbocycles. The minimum atomic E-state index is -0.642. The zero-order valence-corrected chi connectivity index (χ0v) is 20.1. The Kier molecular flexibility index (Phi) is 7.09. The summed E-state index contributed by atoms with van der Waals surface area (Å²) in [6.45, 7) is 0.523. The van der Waals surface area contributed by atoms with Gasteiger partial charge in [0.1, 0.15) is 22.9 Å². The molecular formula is C29H27N5O3. The fourth-order valence-electron chi connectivity index (χ4n) is 4.16. The summed E-state index contributed by atoms with van der Waals surface area (Å²) in [5.74, 6) is 1.35. The average molecular weight is 494 g/mol. The highest BCUT2D eigenvalue weighted by Gasteiger charge is 2.15. The van der Waals surface area contributed by atoms with E-state index in [2.05, 4.69) is 20.3 Å². The largest absolute Gasteiger partial charge is 0.508 e. The van der Waals surface area contributed by atoms with Gasteiger partial charge in [-0.3, -0.25) is 9.78 Å². The maximum atomic E-state index is 12.4. The van der Waals surface area contributed by atoms with Crippen LogP contribution in [0.25, 0.3) is 22.2 Å². The molecule has 5 aromatic rings. The number of hydrogen-bond donors (Lipinski definition) is 4. The molecule has 0 spiro atoms. The van der Waals surface area contributed by atoms with Gasteiger partial charge in [0.05, 0.1) is 11.4 Å². The molecule has 5 N–H and O–H groups in total. The van der Waals surface area contributed by atoms with Gasteiger partial charge >= 0.3 is 0 Å². The summed E-state index contributed by atoms with van der Waals surface area (Å²) in [5.41, 5.74) is 10.8. The van der Waals surface area contributed by atoms with Crippen molar-refractivity contribution < 1.29 is 14.6 Å². The molecule has 0 aliphatic heterocycles. The van der Waals surface area contributed by atoms with Crippen LogP contribution < -0.4 is 15.8 Å². The van der Waals surface area contributed by atoms with E-state index in [1.54, 1.807) is 30.7 Å². The van der Waals surface area contributed by atoms with Crippen LogP contribution in [0.1, 0.15) is 11.1 Å². The molecule has 3 heterocycles. The van der Waals surface area contributed by atoms with Crippen molar-refractivity contribution in [3.63, 3.8) is 0 Å². The van der Waals surface area contributed by atoms with Gasteiger partial charge in [-0.25, -0.2) is 4.98 Å². The van der Waals surface area contributed by atoms with Crippen molar-refractivity contribution in [3.05, 3.63) is 103 Å². The number of aromatic amines is 1. The third-order valence-electron chi connectivity index (χ3n) is 6.12. The van der Waals surface area contributed by atoms with Gasteiger partial charge in [0, 0.05) is 36.9 Å². The van der Waals surface area contributed by atoms with Gasteiger partial charge in [-0.1, -0.05) is 24.3 Å². The van der Waals surface area contributed by atoms with Crippen molar-refractivity contribution in [3.8, 4) is 28.4 Å². The second-order valence-electron chi connectivity index (χ2n) is 8.74. The van der Waals surface area contributed by atoms with Crippen LogP contribution in [-0.4, -0.2) is 38.6 Å². The lowest BCUT2D eigenvalue weighted by molar-refractivity contribution is -0.122. The van der Waals surface area contributed by atoms with Gasteiger partial charge in [0.2, 0.25) is 5.91 Å². The summed E-state index contributed by atoms with van der Waals surface area (Å²) < 4.78 is 6.21. The number of H-pyrrole nitrogens is 1. The molecule has 0 saturated heterocycles. The number of nitrogens with zero attached hydrogens (tertiary/aromatic N) is 2. The molecule has 37 heavy (non-hydrogen) atoms. The number of aromatic hydroxyl groups is 1. The molecule has 1 atom stereocenters. The smallest absolute Gasteiger partial charge is 0.237 e. The first-order valence-corrected chi connectivity index (χ1v) is 12.0. The van der Waals surface area contributed by atoms with E-state index >= 15 is 0 Å². The second-order valence-corrected chi connectivity index (χ2v) is 8.74. The van der Waals surface area contributed by atoms with Crippen LogP contribution in [0, 0.1) is 0 Å². The standard InChI is InChI=1S/C29H27N5O3/c30-25(29(36)33-15-11-19-9-13-31-14-10-19)17-20-1-7-23(8-2-20)37-26-12-16-32-28-27(26)24(18-34-28)21-3-5-22(35)6-4-21/h1-10,12-14,16,18,25,35H,11,15,17,30H2,(H,32,34)(H,33,36)/t25-/m0/s1. The lowest BCUT2D eigenvalue weighted by Crippen LogP contribution is -2.42. The molecule has 8 heteroatoms. The highest BCUT2D eigenvalue weighted by atomic mass is 16.5. The fraction of sp³-hybridized carbons (Fsp3) is 0.138. The van der Waals surface area contributed by atoms with E-state index in [1.807, 2.05) is 60.8 Å². The van der Waals surface area contributed by atoms with Crippen LogP contribution >= 0.6 is 0 Å². The number of benzene rings is 2. The number of carbonyl (C=O) groups is 1. The van der Waals surface area contributed by atoms with Gasteiger partial charge in [0.15, 0.2) is 0 Å². The molecule has 186 valence electrons. The Morgan fingerprint density at radius 1 is 0.973 bits per heavy atom. The molecule has 1 amide bonds. The number of pyridine rings is 2. The maximum absolute atomic E-state index is 12.4. The zero-order chi connectivity index (χ0) is 25.6. The predicted molar refractivity (Wildman–Crippen MR) is 142 cm³/mol. The van der Waals surface area contributed by atoms with Crippen LogP contribution in [0.3, 0.4) is 0 Å². The van der Waals surface area contributed by atoms with E-state index < -0.39 is 6.04 Å². The number of nitrogens with two attached hydrogens (primary N) is 1. The molecule has 5 rings (SSSR count). The Hall–Kier alpha value is -4.69. The quantitative estimate of drug-likeness (QED) is 0.242. The number of phenolic OH excluding ortho intramolecular Hbond substituents is 1. The third-order valence-corrected chi connectivity index (χ3v) is 6.12. The predicted octanol–water partition coefficient (Wildman–Crippen LogP) is 4.35. The average Bonchev–Trinajstić information content (AvgIpc) is 3.36. The van der Waals surface area contributed by atoms with Gasteiger partial charge in [0.25, 0.3) is 0 Å². The molecule has 3 aromatic heterocycles. The van der Waals surface area contributed by atoms with Crippen LogP contribution in [0.15, 0.2) is 91.5 Å². The molecule has 0 bridgehead atoms. The maximum Gasteiger partial charge on any atom is 0.237 e. The lowest BCUT2D eigenvalue weighted by atomic mass is 10.0. The number of carbonyl (C=O) groups excluding carboxylic acids is 1. The topological polar surface area (TPSA) is 126 Å². The summed E-state index contributed by atoms with van der Waals surface area (Å²) in [4.78, 5) is 24.0. The Balaban J connectivity index is 1.23. The molecule has 8 nitrogen and oxygen atoms in total. The third kappa shape index (κ3) is 5.76. The molecule has 2 aromatic carbocycles. The van der Waals surface area contributed by atoms with E-state index in [-0.39, 0.29) is 11.7 Å². The van der Waals surface area contributed by atoms with Crippen LogP contribution in [0.4, 0.5) is 0 Å². The Morgan fingerprint density at radius 2 is 1.73 bits per heavy atom. The number of hydrogen-bond acceptors (Lipinski definition) is 6. The van der Waals surface area contributed by atoms with Crippen LogP contribution in [0.5, 0.6) is 17.2 Å². The van der Waals surface area contributed by atoms with Gasteiger partial charge < -0.3 is 25.9 Å². The molecule has 0 saturated carbocycles. The zero-order valence-electron chi connectivity index (χ0n) is 20.1. The molecule has 0 unspecified atom stereocenters. The number of fused-ring (bicyclic) bond motifs is 1. The number of ether oxygens (including phenoxy) is 1. The Labute approximate surface area is 214 Å². The van der Waals surface area contributed by atoms with Crippen LogP contribution in [-0.2, 0) is 17.6 Å². The van der Waals surface area contributed by atoms with Crippen molar-refractivity contribution in [1.29, 1.82) is 0 Å². The summed E-state index contributed by atoms with van der Waals surface area (Å²) in [6.07, 6.45) is 8.19. The second kappa shape index (κ2) is 10.9. The first-order chi connectivity index (χ1) is 18.1. The first kappa shape index (κ1) is 24.0. The molecule has 0 radical (unpaired) electrons. The Bertz CT molecular complexity index is 1480. The highest BCUT2D eigenvalue weighted by molar-refractivity contribution is 5.98. The number of aromatic nitrogens is 3.